The third kappa shape index (κ3) is 5.10. The summed E-state index contributed by atoms with van der Waals surface area (Å²) in [4.78, 5) is 11.6. The van der Waals surface area contributed by atoms with Crippen LogP contribution in [0.3, 0.4) is 0 Å². The third-order valence-corrected chi connectivity index (χ3v) is 2.88. The predicted octanol–water partition coefficient (Wildman–Crippen LogP) is 2.91. The van der Waals surface area contributed by atoms with Crippen LogP contribution in [-0.4, -0.2) is 18.7 Å². The van der Waals surface area contributed by atoms with Crippen LogP contribution in [0.5, 0.6) is 5.75 Å². The summed E-state index contributed by atoms with van der Waals surface area (Å²) < 4.78 is 5.56. The first-order chi connectivity index (χ1) is 10.3. The Balaban J connectivity index is 1.71. The Hall–Kier alpha value is -2.62. The van der Waals surface area contributed by atoms with Crippen molar-refractivity contribution in [1.29, 1.82) is 0 Å². The third-order valence-electron chi connectivity index (χ3n) is 2.88. The fourth-order valence-electron chi connectivity index (χ4n) is 1.75. The van der Waals surface area contributed by atoms with Crippen molar-refractivity contribution in [1.82, 2.24) is 5.43 Å². The molecule has 1 amide bonds. The van der Waals surface area contributed by atoms with E-state index < -0.39 is 0 Å². The zero-order valence-corrected chi connectivity index (χ0v) is 12.0. The van der Waals surface area contributed by atoms with Crippen LogP contribution in [0.15, 0.2) is 59.7 Å². The van der Waals surface area contributed by atoms with Crippen LogP contribution in [0.2, 0.25) is 0 Å². The molecule has 0 aliphatic rings. The lowest BCUT2D eigenvalue weighted by Crippen LogP contribution is -2.20. The van der Waals surface area contributed by atoms with Crippen LogP contribution >= 0.6 is 0 Å². The second-order valence-corrected chi connectivity index (χ2v) is 4.57. The van der Waals surface area contributed by atoms with E-state index in [0.717, 1.165) is 16.9 Å². The summed E-state index contributed by atoms with van der Waals surface area (Å²) in [5.74, 6) is 0.633. The molecular formula is C17H18N2O2. The maximum atomic E-state index is 11.6. The topological polar surface area (TPSA) is 50.7 Å². The molecule has 0 radical (unpaired) electrons. The highest BCUT2D eigenvalue weighted by Gasteiger charge is 2.02. The van der Waals surface area contributed by atoms with Gasteiger partial charge in [-0.1, -0.05) is 48.5 Å². The van der Waals surface area contributed by atoms with Crippen molar-refractivity contribution in [2.75, 3.05) is 6.61 Å². The Labute approximate surface area is 124 Å². The van der Waals surface area contributed by atoms with Crippen LogP contribution < -0.4 is 10.2 Å². The Bertz CT molecular complexity index is 609. The standard InChI is InChI=1S/C17H18N2O2/c1-14-7-5-6-10-16(14)21-12-11-17(20)19-18-13-15-8-3-2-4-9-15/h2-10,13H,11-12H2,1H3,(H,19,20)/b18-13-. The molecule has 4 nitrogen and oxygen atoms in total. The molecule has 2 aromatic carbocycles. The maximum Gasteiger partial charge on any atom is 0.243 e. The molecule has 0 fully saturated rings. The lowest BCUT2D eigenvalue weighted by molar-refractivity contribution is -0.121. The molecule has 0 saturated carbocycles. The molecule has 0 bridgehead atoms. The number of hydrazone groups is 1. The molecular weight excluding hydrogens is 264 g/mol. The van der Waals surface area contributed by atoms with E-state index in [1.165, 1.54) is 0 Å². The quantitative estimate of drug-likeness (QED) is 0.654. The zero-order chi connectivity index (χ0) is 14.9. The number of nitrogens with one attached hydrogen (secondary N) is 1. The van der Waals surface area contributed by atoms with E-state index in [9.17, 15) is 4.79 Å². The summed E-state index contributed by atoms with van der Waals surface area (Å²) >= 11 is 0. The maximum absolute atomic E-state index is 11.6. The molecule has 21 heavy (non-hydrogen) atoms. The SMILES string of the molecule is Cc1ccccc1OCCC(=O)N/N=C\c1ccccc1. The molecule has 0 aliphatic heterocycles. The summed E-state index contributed by atoms with van der Waals surface area (Å²) in [5, 5.41) is 3.90. The van der Waals surface area contributed by atoms with Gasteiger partial charge in [-0.2, -0.15) is 5.10 Å². The highest BCUT2D eigenvalue weighted by Crippen LogP contribution is 2.15. The second-order valence-electron chi connectivity index (χ2n) is 4.57. The average molecular weight is 282 g/mol. The van der Waals surface area contributed by atoms with Crippen molar-refractivity contribution in [2.45, 2.75) is 13.3 Å². The molecule has 0 aliphatic carbocycles. The van der Waals surface area contributed by atoms with Crippen molar-refractivity contribution in [3.8, 4) is 5.75 Å². The first-order valence-electron chi connectivity index (χ1n) is 6.81. The van der Waals surface area contributed by atoms with E-state index in [0.29, 0.717) is 6.61 Å². The number of benzene rings is 2. The number of ether oxygens (including phenoxy) is 1. The lowest BCUT2D eigenvalue weighted by Gasteiger charge is -2.07. The van der Waals surface area contributed by atoms with Crippen LogP contribution in [0.25, 0.3) is 0 Å². The fourth-order valence-corrected chi connectivity index (χ4v) is 1.75. The average Bonchev–Trinajstić information content (AvgIpc) is 2.50. The van der Waals surface area contributed by atoms with Gasteiger partial charge < -0.3 is 4.74 Å². The van der Waals surface area contributed by atoms with Gasteiger partial charge in [0.25, 0.3) is 0 Å². The zero-order valence-electron chi connectivity index (χ0n) is 12.0. The minimum Gasteiger partial charge on any atom is -0.493 e. The minimum absolute atomic E-state index is 0.171. The van der Waals surface area contributed by atoms with Crippen LogP contribution in [0.1, 0.15) is 17.5 Å². The lowest BCUT2D eigenvalue weighted by atomic mass is 10.2. The van der Waals surface area contributed by atoms with Crippen molar-refractivity contribution < 1.29 is 9.53 Å². The molecule has 0 spiro atoms. The molecule has 0 unspecified atom stereocenters. The molecule has 0 aromatic heterocycles. The van der Waals surface area contributed by atoms with E-state index in [2.05, 4.69) is 10.5 Å². The second kappa shape index (κ2) is 7.85. The fraction of sp³-hybridized carbons (Fsp3) is 0.176. The van der Waals surface area contributed by atoms with Crippen LogP contribution in [0, 0.1) is 6.92 Å². The van der Waals surface area contributed by atoms with Gasteiger partial charge >= 0.3 is 0 Å². The number of hydrogen-bond acceptors (Lipinski definition) is 3. The van der Waals surface area contributed by atoms with E-state index >= 15 is 0 Å². The minimum atomic E-state index is -0.171. The number of aryl methyl sites for hydroxylation is 1. The van der Waals surface area contributed by atoms with Gasteiger partial charge in [0, 0.05) is 0 Å². The highest BCUT2D eigenvalue weighted by atomic mass is 16.5. The van der Waals surface area contributed by atoms with Crippen molar-refractivity contribution in [3.05, 3.63) is 65.7 Å². The monoisotopic (exact) mass is 282 g/mol. The molecule has 108 valence electrons. The van der Waals surface area contributed by atoms with Gasteiger partial charge in [-0.15, -0.1) is 0 Å². The molecule has 4 heteroatoms. The Morgan fingerprint density at radius 1 is 1.14 bits per heavy atom. The number of nitrogens with zero attached hydrogens (tertiary/aromatic N) is 1. The Morgan fingerprint density at radius 2 is 1.86 bits per heavy atom. The van der Waals surface area contributed by atoms with Crippen molar-refractivity contribution in [3.63, 3.8) is 0 Å². The van der Waals surface area contributed by atoms with Crippen LogP contribution in [0.4, 0.5) is 0 Å². The van der Waals surface area contributed by atoms with Gasteiger partial charge in [0.1, 0.15) is 5.75 Å². The van der Waals surface area contributed by atoms with Gasteiger partial charge in [-0.3, -0.25) is 4.79 Å². The Morgan fingerprint density at radius 3 is 2.62 bits per heavy atom. The first-order valence-corrected chi connectivity index (χ1v) is 6.81. The first kappa shape index (κ1) is 14.8. The molecule has 0 saturated heterocycles. The molecule has 0 heterocycles. The van der Waals surface area contributed by atoms with Gasteiger partial charge in [-0.05, 0) is 24.1 Å². The number of hydrogen-bond donors (Lipinski definition) is 1. The smallest absolute Gasteiger partial charge is 0.243 e. The van der Waals surface area contributed by atoms with E-state index in [-0.39, 0.29) is 12.3 Å². The molecule has 0 atom stereocenters. The number of para-hydroxylation sites is 1. The van der Waals surface area contributed by atoms with Crippen molar-refractivity contribution in [2.24, 2.45) is 5.10 Å². The van der Waals surface area contributed by atoms with Gasteiger partial charge in [0.2, 0.25) is 5.91 Å². The van der Waals surface area contributed by atoms with E-state index in [1.54, 1.807) is 6.21 Å². The molecule has 1 N–H and O–H groups in total. The summed E-state index contributed by atoms with van der Waals surface area (Å²) in [6, 6.07) is 17.3. The molecule has 2 rings (SSSR count). The number of amides is 1. The summed E-state index contributed by atoms with van der Waals surface area (Å²) in [6.45, 7) is 2.30. The van der Waals surface area contributed by atoms with Crippen molar-refractivity contribution >= 4 is 12.1 Å². The number of carbonyl (C=O) groups excluding carboxylic acids is 1. The summed E-state index contributed by atoms with van der Waals surface area (Å²) in [7, 11) is 0. The molecule has 2 aromatic rings. The summed E-state index contributed by atoms with van der Waals surface area (Å²) in [6.07, 6.45) is 1.88. The van der Waals surface area contributed by atoms with E-state index in [4.69, 9.17) is 4.74 Å². The number of rotatable bonds is 6. The van der Waals surface area contributed by atoms with Crippen LogP contribution in [-0.2, 0) is 4.79 Å². The summed E-state index contributed by atoms with van der Waals surface area (Å²) in [5.41, 5.74) is 4.48. The predicted molar refractivity (Wildman–Crippen MR) is 83.5 cm³/mol. The van der Waals surface area contributed by atoms with Gasteiger partial charge in [-0.25, -0.2) is 5.43 Å². The van der Waals surface area contributed by atoms with E-state index in [1.807, 2.05) is 61.5 Å². The number of carbonyl (C=O) groups is 1. The normalized spacial score (nSPS) is 10.5. The van der Waals surface area contributed by atoms with Gasteiger partial charge in [0.05, 0.1) is 19.2 Å². The Kier molecular flexibility index (Phi) is 5.52. The van der Waals surface area contributed by atoms with Gasteiger partial charge in [0.15, 0.2) is 0 Å². The largest absolute Gasteiger partial charge is 0.493 e. The highest BCUT2D eigenvalue weighted by molar-refractivity contribution is 5.82.